The van der Waals surface area contributed by atoms with E-state index in [9.17, 15) is 13.6 Å². The number of carbonyl (C=O) groups is 1. The van der Waals surface area contributed by atoms with Crippen LogP contribution < -0.4 is 4.74 Å². The van der Waals surface area contributed by atoms with Crippen molar-refractivity contribution in [3.05, 3.63) is 53.6 Å². The number of halogens is 2. The van der Waals surface area contributed by atoms with E-state index in [-0.39, 0.29) is 16.9 Å². The van der Waals surface area contributed by atoms with Crippen molar-refractivity contribution >= 4 is 5.97 Å². The van der Waals surface area contributed by atoms with Gasteiger partial charge in [0.15, 0.2) is 11.6 Å². The summed E-state index contributed by atoms with van der Waals surface area (Å²) in [6, 6.07) is 8.43. The molecule has 0 aliphatic rings. The van der Waals surface area contributed by atoms with Crippen LogP contribution in [0, 0.1) is 11.6 Å². The van der Waals surface area contributed by atoms with Crippen LogP contribution in [0.2, 0.25) is 0 Å². The number of carboxylic acid groups (broad SMARTS) is 1. The van der Waals surface area contributed by atoms with Crippen LogP contribution >= 0.6 is 0 Å². The number of carboxylic acids is 1. The fourth-order valence-electron chi connectivity index (χ4n) is 2.19. The zero-order chi connectivity index (χ0) is 16.8. The second-order valence-corrected chi connectivity index (χ2v) is 5.18. The largest absolute Gasteiger partial charge is 0.490 e. The van der Waals surface area contributed by atoms with Crippen LogP contribution in [-0.2, 0) is 0 Å². The lowest BCUT2D eigenvalue weighted by Crippen LogP contribution is -2.01. The first-order valence-corrected chi connectivity index (χ1v) is 7.49. The topological polar surface area (TPSA) is 46.5 Å². The van der Waals surface area contributed by atoms with Crippen molar-refractivity contribution in [3.63, 3.8) is 0 Å². The summed E-state index contributed by atoms with van der Waals surface area (Å²) in [7, 11) is 0. The predicted octanol–water partition coefficient (Wildman–Crippen LogP) is 4.90. The lowest BCUT2D eigenvalue weighted by molar-refractivity contribution is 0.0697. The molecule has 0 amide bonds. The van der Waals surface area contributed by atoms with Gasteiger partial charge in [0.2, 0.25) is 5.82 Å². The van der Waals surface area contributed by atoms with Crippen LogP contribution in [0.25, 0.3) is 11.1 Å². The molecule has 122 valence electrons. The molecule has 0 bridgehead atoms. The van der Waals surface area contributed by atoms with E-state index >= 15 is 0 Å². The molecule has 2 rings (SSSR count). The molecule has 0 radical (unpaired) electrons. The Morgan fingerprint density at radius 3 is 2.35 bits per heavy atom. The van der Waals surface area contributed by atoms with E-state index in [0.717, 1.165) is 19.3 Å². The third-order valence-electron chi connectivity index (χ3n) is 3.50. The summed E-state index contributed by atoms with van der Waals surface area (Å²) >= 11 is 0. The Hall–Kier alpha value is -2.43. The fraction of sp³-hybridized carbons (Fsp3) is 0.278. The Bertz CT molecular complexity index is 681. The van der Waals surface area contributed by atoms with Gasteiger partial charge in [-0.15, -0.1) is 0 Å². The van der Waals surface area contributed by atoms with Crippen LogP contribution in [0.5, 0.6) is 5.75 Å². The van der Waals surface area contributed by atoms with Gasteiger partial charge in [-0.2, -0.15) is 4.39 Å². The maximum atomic E-state index is 14.2. The van der Waals surface area contributed by atoms with Crippen molar-refractivity contribution in [2.24, 2.45) is 0 Å². The van der Waals surface area contributed by atoms with E-state index in [1.54, 1.807) is 0 Å². The summed E-state index contributed by atoms with van der Waals surface area (Å²) in [5, 5.41) is 8.85. The van der Waals surface area contributed by atoms with Gasteiger partial charge in [-0.25, -0.2) is 9.18 Å². The van der Waals surface area contributed by atoms with Gasteiger partial charge in [0.05, 0.1) is 12.2 Å². The number of unbranched alkanes of at least 4 members (excludes halogenated alkanes) is 2. The highest BCUT2D eigenvalue weighted by atomic mass is 19.2. The fourth-order valence-corrected chi connectivity index (χ4v) is 2.19. The highest BCUT2D eigenvalue weighted by Crippen LogP contribution is 2.30. The minimum Gasteiger partial charge on any atom is -0.490 e. The van der Waals surface area contributed by atoms with E-state index in [2.05, 4.69) is 0 Å². The molecule has 2 aromatic carbocycles. The number of benzene rings is 2. The van der Waals surface area contributed by atoms with Crippen LogP contribution in [0.1, 0.15) is 36.5 Å². The standard InChI is InChI=1S/C18H18F2O3/c1-2-3-4-11-23-15-10-9-14(16(19)17(15)20)12-5-7-13(8-6-12)18(21)22/h5-10H,2-4,11H2,1H3,(H,21,22). The molecule has 0 spiro atoms. The van der Waals surface area contributed by atoms with Crippen LogP contribution in [0.4, 0.5) is 8.78 Å². The third kappa shape index (κ3) is 4.06. The molecule has 0 saturated carbocycles. The second kappa shape index (κ2) is 7.72. The lowest BCUT2D eigenvalue weighted by atomic mass is 10.0. The molecule has 23 heavy (non-hydrogen) atoms. The first-order chi connectivity index (χ1) is 11.0. The first-order valence-electron chi connectivity index (χ1n) is 7.49. The highest BCUT2D eigenvalue weighted by Gasteiger charge is 2.16. The Morgan fingerprint density at radius 2 is 1.74 bits per heavy atom. The molecule has 5 heteroatoms. The molecular formula is C18H18F2O3. The third-order valence-corrected chi connectivity index (χ3v) is 3.50. The molecular weight excluding hydrogens is 302 g/mol. The SMILES string of the molecule is CCCCCOc1ccc(-c2ccc(C(=O)O)cc2)c(F)c1F. The quantitative estimate of drug-likeness (QED) is 0.738. The Balaban J connectivity index is 2.20. The van der Waals surface area contributed by atoms with Gasteiger partial charge < -0.3 is 9.84 Å². The molecule has 0 fully saturated rings. The van der Waals surface area contributed by atoms with Gasteiger partial charge >= 0.3 is 5.97 Å². The van der Waals surface area contributed by atoms with Crippen molar-refractivity contribution in [1.82, 2.24) is 0 Å². The van der Waals surface area contributed by atoms with Gasteiger partial charge in [-0.3, -0.25) is 0 Å². The number of hydrogen-bond donors (Lipinski definition) is 1. The van der Waals surface area contributed by atoms with Gasteiger partial charge in [0.25, 0.3) is 0 Å². The van der Waals surface area contributed by atoms with Crippen LogP contribution in [0.3, 0.4) is 0 Å². The van der Waals surface area contributed by atoms with Crippen molar-refractivity contribution < 1.29 is 23.4 Å². The summed E-state index contributed by atoms with van der Waals surface area (Å²) in [6.45, 7) is 2.39. The molecule has 0 saturated heterocycles. The average Bonchev–Trinajstić information content (AvgIpc) is 2.55. The lowest BCUT2D eigenvalue weighted by Gasteiger charge is -2.10. The summed E-state index contributed by atoms with van der Waals surface area (Å²) < 4.78 is 33.5. The number of ether oxygens (including phenoxy) is 1. The first kappa shape index (κ1) is 16.9. The molecule has 0 aliphatic carbocycles. The monoisotopic (exact) mass is 320 g/mol. The molecule has 0 heterocycles. The number of rotatable bonds is 7. The molecule has 3 nitrogen and oxygen atoms in total. The average molecular weight is 320 g/mol. The zero-order valence-electron chi connectivity index (χ0n) is 12.8. The summed E-state index contributed by atoms with van der Waals surface area (Å²) in [6.07, 6.45) is 2.78. The van der Waals surface area contributed by atoms with E-state index < -0.39 is 17.6 Å². The summed E-state index contributed by atoms with van der Waals surface area (Å²) in [4.78, 5) is 10.8. The molecule has 0 atom stereocenters. The Labute approximate surface area is 133 Å². The normalized spacial score (nSPS) is 10.6. The van der Waals surface area contributed by atoms with Crippen LogP contribution in [-0.4, -0.2) is 17.7 Å². The van der Waals surface area contributed by atoms with Crippen molar-refractivity contribution in [1.29, 1.82) is 0 Å². The molecule has 0 aliphatic heterocycles. The Kier molecular flexibility index (Phi) is 5.68. The molecule has 0 aromatic heterocycles. The highest BCUT2D eigenvalue weighted by molar-refractivity contribution is 5.88. The Morgan fingerprint density at radius 1 is 1.04 bits per heavy atom. The van der Waals surface area contributed by atoms with Gasteiger partial charge in [-0.05, 0) is 36.2 Å². The van der Waals surface area contributed by atoms with Gasteiger partial charge in [0, 0.05) is 5.56 Å². The van der Waals surface area contributed by atoms with Gasteiger partial charge in [0.1, 0.15) is 0 Å². The van der Waals surface area contributed by atoms with E-state index in [1.165, 1.54) is 36.4 Å². The van der Waals surface area contributed by atoms with E-state index in [1.807, 2.05) is 6.92 Å². The summed E-state index contributed by atoms with van der Waals surface area (Å²) in [5.41, 5.74) is 0.565. The van der Waals surface area contributed by atoms with Crippen molar-refractivity contribution in [2.45, 2.75) is 26.2 Å². The maximum absolute atomic E-state index is 14.2. The molecule has 0 unspecified atom stereocenters. The minimum atomic E-state index is -1.07. The maximum Gasteiger partial charge on any atom is 0.335 e. The van der Waals surface area contributed by atoms with Crippen molar-refractivity contribution in [2.75, 3.05) is 6.61 Å². The summed E-state index contributed by atoms with van der Waals surface area (Å²) in [5.74, 6) is -3.20. The smallest absolute Gasteiger partial charge is 0.335 e. The van der Waals surface area contributed by atoms with Gasteiger partial charge in [-0.1, -0.05) is 31.9 Å². The number of hydrogen-bond acceptors (Lipinski definition) is 2. The predicted molar refractivity (Wildman–Crippen MR) is 83.8 cm³/mol. The van der Waals surface area contributed by atoms with E-state index in [4.69, 9.17) is 9.84 Å². The number of aromatic carboxylic acids is 1. The zero-order valence-corrected chi connectivity index (χ0v) is 12.8. The van der Waals surface area contributed by atoms with Crippen molar-refractivity contribution in [3.8, 4) is 16.9 Å². The second-order valence-electron chi connectivity index (χ2n) is 5.18. The van der Waals surface area contributed by atoms with Crippen LogP contribution in [0.15, 0.2) is 36.4 Å². The molecule has 2 aromatic rings. The molecule has 1 N–H and O–H groups in total. The van der Waals surface area contributed by atoms with E-state index in [0.29, 0.717) is 12.2 Å². The minimum absolute atomic E-state index is 0.0698.